The van der Waals surface area contributed by atoms with Gasteiger partial charge < -0.3 is 4.74 Å². The van der Waals surface area contributed by atoms with E-state index in [1.165, 1.54) is 0 Å². The molecule has 0 atom stereocenters. The molecule has 1 aromatic rings. The number of allylic oxidation sites excluding steroid dienone is 3. The number of cyclic esters (lactones) is 1. The highest BCUT2D eigenvalue weighted by molar-refractivity contribution is 14.1. The van der Waals surface area contributed by atoms with E-state index in [0.29, 0.717) is 11.6 Å². The summed E-state index contributed by atoms with van der Waals surface area (Å²) in [6.45, 7) is 1.88. The number of halogens is 1. The predicted octanol–water partition coefficient (Wildman–Crippen LogP) is 3.05. The number of hydrogen-bond donors (Lipinski definition) is 0. The largest absolute Gasteiger partial charge is 0.402 e. The molecular weight excluding hydrogens is 329 g/mol. The van der Waals surface area contributed by atoms with E-state index in [0.717, 1.165) is 9.13 Å². The van der Waals surface area contributed by atoms with Crippen molar-refractivity contribution >= 4 is 34.5 Å². The molecule has 0 fully saturated rings. The maximum absolute atomic E-state index is 11.5. The summed E-state index contributed by atoms with van der Waals surface area (Å²) in [5, 5.41) is 0. The van der Waals surface area contributed by atoms with Crippen molar-refractivity contribution in [2.45, 2.75) is 6.92 Å². The molecule has 1 aliphatic rings. The van der Waals surface area contributed by atoms with Crippen LogP contribution in [0.3, 0.4) is 0 Å². The molecule has 0 saturated carbocycles. The number of hydrogen-bond acceptors (Lipinski definition) is 3. The molecule has 1 heterocycles. The Morgan fingerprint density at radius 3 is 2.65 bits per heavy atom. The molecule has 17 heavy (non-hydrogen) atoms. The molecule has 1 aromatic carbocycles. The average Bonchev–Trinajstić information content (AvgIpc) is 2.69. The second-order valence-corrected chi connectivity index (χ2v) is 4.64. The molecule has 2 rings (SSSR count). The highest BCUT2D eigenvalue weighted by Crippen LogP contribution is 2.17. The molecule has 1 aliphatic heterocycles. The number of benzene rings is 1. The maximum atomic E-state index is 11.5. The average molecular weight is 339 g/mol. The number of esters is 1. The van der Waals surface area contributed by atoms with Crippen LogP contribution >= 0.6 is 22.6 Å². The van der Waals surface area contributed by atoms with Crippen LogP contribution in [0.4, 0.5) is 0 Å². The molecular formula is C13H10INO2. The highest BCUT2D eigenvalue weighted by atomic mass is 127. The molecule has 86 valence electrons. The zero-order valence-corrected chi connectivity index (χ0v) is 11.3. The number of rotatable bonds is 2. The Balaban J connectivity index is 2.30. The summed E-state index contributed by atoms with van der Waals surface area (Å²) in [6.07, 6.45) is 5.23. The van der Waals surface area contributed by atoms with Crippen molar-refractivity contribution in [3.8, 4) is 0 Å². The van der Waals surface area contributed by atoms with Gasteiger partial charge in [-0.25, -0.2) is 9.79 Å². The minimum atomic E-state index is -0.406. The van der Waals surface area contributed by atoms with Crippen molar-refractivity contribution in [1.29, 1.82) is 0 Å². The first-order valence-electron chi connectivity index (χ1n) is 5.10. The van der Waals surface area contributed by atoms with Gasteiger partial charge in [0, 0.05) is 9.13 Å². The third kappa shape index (κ3) is 2.82. The van der Waals surface area contributed by atoms with E-state index in [1.807, 2.05) is 37.3 Å². The predicted molar refractivity (Wildman–Crippen MR) is 74.7 cm³/mol. The van der Waals surface area contributed by atoms with E-state index >= 15 is 0 Å². The highest BCUT2D eigenvalue weighted by Gasteiger charge is 2.23. The Kier molecular flexibility index (Phi) is 3.73. The van der Waals surface area contributed by atoms with Crippen molar-refractivity contribution in [3.05, 3.63) is 57.3 Å². The maximum Gasteiger partial charge on any atom is 0.363 e. The van der Waals surface area contributed by atoms with Crippen molar-refractivity contribution in [2.24, 2.45) is 4.99 Å². The Morgan fingerprint density at radius 2 is 2.00 bits per heavy atom. The summed E-state index contributed by atoms with van der Waals surface area (Å²) in [5.74, 6) is -0.0428. The van der Waals surface area contributed by atoms with Gasteiger partial charge in [0.25, 0.3) is 0 Å². The van der Waals surface area contributed by atoms with Gasteiger partial charge in [0.1, 0.15) is 0 Å². The van der Waals surface area contributed by atoms with Crippen molar-refractivity contribution < 1.29 is 9.53 Å². The standard InChI is InChI=1S/C13H10INO2/c1-2-3-4-11-13(16)17-12(15-11)9-5-7-10(14)8-6-9/h2-8H,1H3/b3-2+,11-4-. The van der Waals surface area contributed by atoms with Gasteiger partial charge in [-0.2, -0.15) is 0 Å². The van der Waals surface area contributed by atoms with Gasteiger partial charge in [-0.1, -0.05) is 12.2 Å². The lowest BCUT2D eigenvalue weighted by Gasteiger charge is -1.98. The number of nitrogens with zero attached hydrogens (tertiary/aromatic N) is 1. The Labute approximate surface area is 113 Å². The summed E-state index contributed by atoms with van der Waals surface area (Å²) < 4.78 is 6.23. The fraction of sp³-hybridized carbons (Fsp3) is 0.0769. The van der Waals surface area contributed by atoms with Crippen molar-refractivity contribution in [1.82, 2.24) is 0 Å². The molecule has 0 N–H and O–H groups in total. The zero-order chi connectivity index (χ0) is 12.3. The third-order valence-electron chi connectivity index (χ3n) is 2.16. The summed E-state index contributed by atoms with van der Waals surface area (Å²) in [5.41, 5.74) is 1.14. The van der Waals surface area contributed by atoms with Crippen LogP contribution in [0.1, 0.15) is 12.5 Å². The second kappa shape index (κ2) is 5.27. The van der Waals surface area contributed by atoms with Gasteiger partial charge in [0.2, 0.25) is 5.90 Å². The van der Waals surface area contributed by atoms with Crippen molar-refractivity contribution in [2.75, 3.05) is 0 Å². The Hall–Kier alpha value is -1.43. The van der Waals surface area contributed by atoms with Crippen LogP contribution in [0.15, 0.2) is 53.2 Å². The van der Waals surface area contributed by atoms with E-state index in [9.17, 15) is 4.79 Å². The lowest BCUT2D eigenvalue weighted by atomic mass is 10.2. The van der Waals surface area contributed by atoms with Gasteiger partial charge in [0.15, 0.2) is 5.70 Å². The van der Waals surface area contributed by atoms with Crippen LogP contribution < -0.4 is 0 Å². The summed E-state index contributed by atoms with van der Waals surface area (Å²) in [6, 6.07) is 7.65. The number of aliphatic imine (C=N–C) groups is 1. The van der Waals surface area contributed by atoms with Crippen LogP contribution in [-0.2, 0) is 9.53 Å². The van der Waals surface area contributed by atoms with Crippen LogP contribution in [0, 0.1) is 3.57 Å². The Morgan fingerprint density at radius 1 is 1.29 bits per heavy atom. The molecule has 0 aromatic heterocycles. The minimum absolute atomic E-state index is 0.330. The molecule has 0 saturated heterocycles. The molecule has 0 bridgehead atoms. The molecule has 0 amide bonds. The van der Waals surface area contributed by atoms with Crippen molar-refractivity contribution in [3.63, 3.8) is 0 Å². The van der Waals surface area contributed by atoms with E-state index in [-0.39, 0.29) is 0 Å². The van der Waals surface area contributed by atoms with Gasteiger partial charge >= 0.3 is 5.97 Å². The van der Waals surface area contributed by atoms with Crippen LogP contribution in [0.5, 0.6) is 0 Å². The number of ether oxygens (including phenoxy) is 1. The fourth-order valence-electron chi connectivity index (χ4n) is 1.33. The molecule has 0 spiro atoms. The SMILES string of the molecule is C/C=C/C=C1\N=C(c2ccc(I)cc2)OC1=O. The van der Waals surface area contributed by atoms with E-state index in [4.69, 9.17) is 4.74 Å². The minimum Gasteiger partial charge on any atom is -0.402 e. The van der Waals surface area contributed by atoms with Crippen LogP contribution in [0.2, 0.25) is 0 Å². The quantitative estimate of drug-likeness (QED) is 0.472. The molecule has 0 aliphatic carbocycles. The summed E-state index contributed by atoms with van der Waals surface area (Å²) in [4.78, 5) is 15.6. The first kappa shape index (κ1) is 12.0. The third-order valence-corrected chi connectivity index (χ3v) is 2.88. The van der Waals surface area contributed by atoms with Crippen LogP contribution in [0.25, 0.3) is 0 Å². The first-order valence-corrected chi connectivity index (χ1v) is 6.18. The smallest absolute Gasteiger partial charge is 0.363 e. The second-order valence-electron chi connectivity index (χ2n) is 3.39. The first-order chi connectivity index (χ1) is 8.20. The molecule has 0 unspecified atom stereocenters. The monoisotopic (exact) mass is 339 g/mol. The van der Waals surface area contributed by atoms with Gasteiger partial charge in [-0.3, -0.25) is 0 Å². The van der Waals surface area contributed by atoms with Gasteiger partial charge in [-0.05, 0) is 59.9 Å². The summed E-state index contributed by atoms with van der Waals surface area (Å²) in [7, 11) is 0. The van der Waals surface area contributed by atoms with Crippen LogP contribution in [-0.4, -0.2) is 11.9 Å². The lowest BCUT2D eigenvalue weighted by molar-refractivity contribution is -0.130. The topological polar surface area (TPSA) is 38.7 Å². The van der Waals surface area contributed by atoms with E-state index in [2.05, 4.69) is 27.6 Å². The molecule has 3 nitrogen and oxygen atoms in total. The zero-order valence-electron chi connectivity index (χ0n) is 9.18. The van der Waals surface area contributed by atoms with Gasteiger partial charge in [-0.15, -0.1) is 0 Å². The fourth-order valence-corrected chi connectivity index (χ4v) is 1.69. The number of carbonyl (C=O) groups excluding carboxylic acids is 1. The Bertz CT molecular complexity index is 527. The molecule has 0 radical (unpaired) electrons. The normalized spacial score (nSPS) is 17.6. The summed E-state index contributed by atoms with van der Waals surface area (Å²) >= 11 is 2.22. The van der Waals surface area contributed by atoms with E-state index in [1.54, 1.807) is 12.2 Å². The lowest BCUT2D eigenvalue weighted by Crippen LogP contribution is -2.05. The van der Waals surface area contributed by atoms with E-state index < -0.39 is 5.97 Å². The molecule has 4 heteroatoms. The van der Waals surface area contributed by atoms with Gasteiger partial charge in [0.05, 0.1) is 0 Å². The number of carbonyl (C=O) groups is 1.